The van der Waals surface area contributed by atoms with E-state index >= 15 is 0 Å². The molecular formula is C13H20O2Rh. The molecule has 0 aromatic rings. The monoisotopic (exact) mass is 311 g/mol. The molecule has 1 aliphatic carbocycles. The first-order chi connectivity index (χ1) is 7.18. The zero-order chi connectivity index (χ0) is 11.5. The molecule has 0 amide bonds. The molecule has 0 heterocycles. The molecule has 1 rings (SSSR count). The van der Waals surface area contributed by atoms with Gasteiger partial charge in [0.1, 0.15) is 0 Å². The second-order valence-corrected chi connectivity index (χ2v) is 3.43. The fourth-order valence-electron chi connectivity index (χ4n) is 1.11. The fourth-order valence-corrected chi connectivity index (χ4v) is 1.11. The predicted octanol–water partition coefficient (Wildman–Crippen LogP) is 3.22. The summed E-state index contributed by atoms with van der Waals surface area (Å²) in [6, 6.07) is 0. The van der Waals surface area contributed by atoms with Crippen molar-refractivity contribution in [2.45, 2.75) is 46.0 Å². The van der Waals surface area contributed by atoms with Gasteiger partial charge in [-0.25, -0.2) is 0 Å². The molecule has 0 unspecified atom stereocenters. The second-order valence-electron chi connectivity index (χ2n) is 3.43. The summed E-state index contributed by atoms with van der Waals surface area (Å²) in [4.78, 5) is 20.2. The van der Waals surface area contributed by atoms with Crippen molar-refractivity contribution in [1.82, 2.24) is 0 Å². The quantitative estimate of drug-likeness (QED) is 0.446. The molecule has 0 saturated carbocycles. The zero-order valence-corrected chi connectivity index (χ0v) is 11.6. The van der Waals surface area contributed by atoms with Gasteiger partial charge in [-0.3, -0.25) is 9.59 Å². The molecule has 0 aromatic carbocycles. The van der Waals surface area contributed by atoms with Crippen LogP contribution in [-0.2, 0) is 29.1 Å². The van der Waals surface area contributed by atoms with Crippen LogP contribution in [0.3, 0.4) is 0 Å². The summed E-state index contributed by atoms with van der Waals surface area (Å²) in [5, 5.41) is 0. The third-order valence-corrected chi connectivity index (χ3v) is 2.05. The molecule has 0 aromatic heterocycles. The molecular weight excluding hydrogens is 291 g/mol. The minimum Gasteiger partial charge on any atom is -0.291 e. The molecule has 0 spiro atoms. The van der Waals surface area contributed by atoms with Crippen molar-refractivity contribution in [3.63, 3.8) is 0 Å². The van der Waals surface area contributed by atoms with Crippen LogP contribution in [0.5, 0.6) is 0 Å². The maximum Gasteiger partial charge on any atom is 0.197 e. The Labute approximate surface area is 111 Å². The summed E-state index contributed by atoms with van der Waals surface area (Å²) in [7, 11) is 0. The number of allylic oxidation sites excluding steroid dienone is 4. The maximum absolute atomic E-state index is 10.2. The van der Waals surface area contributed by atoms with Crippen LogP contribution >= 0.6 is 0 Å². The van der Waals surface area contributed by atoms with Crippen molar-refractivity contribution in [2.75, 3.05) is 0 Å². The van der Waals surface area contributed by atoms with Crippen molar-refractivity contribution in [1.29, 1.82) is 0 Å². The first-order valence-electron chi connectivity index (χ1n) is 5.52. The molecule has 16 heavy (non-hydrogen) atoms. The van der Waals surface area contributed by atoms with Gasteiger partial charge in [-0.2, -0.15) is 0 Å². The van der Waals surface area contributed by atoms with Crippen LogP contribution in [0.1, 0.15) is 46.0 Å². The van der Waals surface area contributed by atoms with Gasteiger partial charge in [0.25, 0.3) is 0 Å². The van der Waals surface area contributed by atoms with Crippen LogP contribution in [0, 0.1) is 0 Å². The Kier molecular flexibility index (Phi) is 13.9. The molecule has 2 nitrogen and oxygen atoms in total. The third kappa shape index (κ3) is 11.5. The number of hydrogen-bond acceptors (Lipinski definition) is 2. The van der Waals surface area contributed by atoms with E-state index in [2.05, 4.69) is 24.3 Å². The molecule has 0 N–H and O–H groups in total. The summed E-state index contributed by atoms with van der Waals surface area (Å²) in [6.07, 6.45) is 14.3. The summed E-state index contributed by atoms with van der Waals surface area (Å²) >= 11 is 0. The first kappa shape index (κ1) is 17.8. The Morgan fingerprint density at radius 3 is 1.38 bits per heavy atom. The van der Waals surface area contributed by atoms with Gasteiger partial charge in [0.05, 0.1) is 0 Å². The Hall–Kier alpha value is -0.557. The number of rotatable bonds is 2. The van der Waals surface area contributed by atoms with E-state index in [1.807, 2.05) is 0 Å². The average molecular weight is 311 g/mol. The van der Waals surface area contributed by atoms with Gasteiger partial charge in [-0.1, -0.05) is 31.2 Å². The molecule has 3 heteroatoms. The van der Waals surface area contributed by atoms with E-state index in [0.29, 0.717) is 6.42 Å². The van der Waals surface area contributed by atoms with E-state index in [0.717, 1.165) is 0 Å². The molecule has 0 atom stereocenters. The van der Waals surface area contributed by atoms with Crippen molar-refractivity contribution in [3.05, 3.63) is 24.3 Å². The van der Waals surface area contributed by atoms with Gasteiger partial charge in [0.2, 0.25) is 0 Å². The van der Waals surface area contributed by atoms with Crippen molar-refractivity contribution >= 4 is 11.6 Å². The Morgan fingerprint density at radius 1 is 0.938 bits per heavy atom. The molecule has 1 radical (unpaired) electrons. The van der Waals surface area contributed by atoms with E-state index in [-0.39, 0.29) is 31.0 Å². The summed E-state index contributed by atoms with van der Waals surface area (Å²) in [5.41, 5.74) is 0. The molecule has 0 bridgehead atoms. The van der Waals surface area contributed by atoms with Crippen molar-refractivity contribution < 1.29 is 29.1 Å². The minimum atomic E-state index is -0.345. The SMILES string of the molecule is C1=CCCC=CCC1.CCC(=O)C(C)=O.[Rh]. The Balaban J connectivity index is 0. The topological polar surface area (TPSA) is 34.1 Å². The zero-order valence-electron chi connectivity index (χ0n) is 9.99. The van der Waals surface area contributed by atoms with Crippen LogP contribution < -0.4 is 0 Å². The number of ketones is 2. The maximum atomic E-state index is 10.2. The van der Waals surface area contributed by atoms with E-state index in [9.17, 15) is 9.59 Å². The largest absolute Gasteiger partial charge is 0.291 e. The molecule has 0 fully saturated rings. The van der Waals surface area contributed by atoms with Gasteiger partial charge < -0.3 is 0 Å². The number of carbonyl (C=O) groups is 2. The fraction of sp³-hybridized carbons (Fsp3) is 0.538. The number of Topliss-reactive ketones (excluding diaryl/α,β-unsaturated/α-hetero) is 2. The number of carbonyl (C=O) groups excluding carboxylic acids is 2. The standard InChI is InChI=1S/C8H12.C5H8O2.Rh/c1-2-4-6-8-7-5-3-1;1-3-5(7)4(2)6;/h1-2,7-8H,3-6H2;3H2,1-2H3;. The minimum absolute atomic E-state index is 0. The summed E-state index contributed by atoms with van der Waals surface area (Å²) < 4.78 is 0. The molecule has 0 saturated heterocycles. The Bertz CT molecular complexity index is 229. The van der Waals surface area contributed by atoms with Crippen LogP contribution in [-0.4, -0.2) is 11.6 Å². The van der Waals surface area contributed by atoms with Crippen LogP contribution in [0.15, 0.2) is 24.3 Å². The van der Waals surface area contributed by atoms with E-state index in [1.54, 1.807) is 6.92 Å². The van der Waals surface area contributed by atoms with Crippen LogP contribution in [0.4, 0.5) is 0 Å². The molecule has 93 valence electrons. The van der Waals surface area contributed by atoms with E-state index in [4.69, 9.17) is 0 Å². The van der Waals surface area contributed by atoms with E-state index < -0.39 is 0 Å². The van der Waals surface area contributed by atoms with Crippen LogP contribution in [0.2, 0.25) is 0 Å². The van der Waals surface area contributed by atoms with Gasteiger partial charge in [-0.05, 0) is 25.7 Å². The van der Waals surface area contributed by atoms with E-state index in [1.165, 1.54) is 32.6 Å². The summed E-state index contributed by atoms with van der Waals surface area (Å²) in [5.74, 6) is -0.637. The van der Waals surface area contributed by atoms with Crippen molar-refractivity contribution in [3.8, 4) is 0 Å². The smallest absolute Gasteiger partial charge is 0.197 e. The van der Waals surface area contributed by atoms with Gasteiger partial charge >= 0.3 is 0 Å². The molecule has 1 aliphatic rings. The average Bonchev–Trinajstić information content (AvgIpc) is 2.16. The normalized spacial score (nSPS) is 13.6. The second kappa shape index (κ2) is 12.5. The number of hydrogen-bond donors (Lipinski definition) is 0. The van der Waals surface area contributed by atoms with Crippen molar-refractivity contribution in [2.24, 2.45) is 0 Å². The van der Waals surface area contributed by atoms with Gasteiger partial charge in [-0.15, -0.1) is 0 Å². The first-order valence-corrected chi connectivity index (χ1v) is 5.52. The third-order valence-electron chi connectivity index (χ3n) is 2.05. The summed E-state index contributed by atoms with van der Waals surface area (Å²) in [6.45, 7) is 2.95. The molecule has 0 aliphatic heterocycles. The predicted molar refractivity (Wildman–Crippen MR) is 62.7 cm³/mol. The van der Waals surface area contributed by atoms with Gasteiger partial charge in [0, 0.05) is 32.8 Å². The Morgan fingerprint density at radius 2 is 1.25 bits per heavy atom. The van der Waals surface area contributed by atoms with Crippen LogP contribution in [0.25, 0.3) is 0 Å². The van der Waals surface area contributed by atoms with Gasteiger partial charge in [0.15, 0.2) is 11.6 Å².